The molecule has 0 spiro atoms. The van der Waals surface area contributed by atoms with Gasteiger partial charge in [0, 0.05) is 11.6 Å². The lowest BCUT2D eigenvalue weighted by molar-refractivity contribution is -0.137. The number of alkyl halides is 3. The molecule has 3 nitrogen and oxygen atoms in total. The number of benzene rings is 2. The molecule has 2 fully saturated rings. The van der Waals surface area contributed by atoms with Gasteiger partial charge in [-0.15, -0.1) is 0 Å². The zero-order valence-electron chi connectivity index (χ0n) is 18.2. The van der Waals surface area contributed by atoms with Gasteiger partial charge in [0.1, 0.15) is 5.37 Å². The smallest absolute Gasteiger partial charge is 0.322 e. The van der Waals surface area contributed by atoms with E-state index in [0.29, 0.717) is 22.0 Å². The van der Waals surface area contributed by atoms with Crippen molar-refractivity contribution in [1.29, 1.82) is 0 Å². The van der Waals surface area contributed by atoms with Crippen LogP contribution in [0.2, 0.25) is 5.02 Å². The van der Waals surface area contributed by atoms with E-state index >= 15 is 0 Å². The van der Waals surface area contributed by atoms with Crippen molar-refractivity contribution < 1.29 is 18.0 Å². The minimum absolute atomic E-state index is 0.152. The van der Waals surface area contributed by atoms with Gasteiger partial charge in [-0.3, -0.25) is 4.79 Å². The maximum absolute atomic E-state index is 13.3. The Morgan fingerprint density at radius 1 is 1.03 bits per heavy atom. The number of carbonyl (C=O) groups excluding carboxylic acids is 1. The van der Waals surface area contributed by atoms with E-state index in [1.165, 1.54) is 37.1 Å². The number of hydrogen-bond acceptors (Lipinski definition) is 3. The minimum Gasteiger partial charge on any atom is -0.322 e. The monoisotopic (exact) mass is 494 g/mol. The summed E-state index contributed by atoms with van der Waals surface area (Å²) in [5.41, 5.74) is 0.545. The van der Waals surface area contributed by atoms with Gasteiger partial charge in [0.15, 0.2) is 0 Å². The largest absolute Gasteiger partial charge is 0.416 e. The first-order chi connectivity index (χ1) is 15.8. The molecule has 1 atom stereocenters. The van der Waals surface area contributed by atoms with Crippen molar-refractivity contribution in [2.75, 3.05) is 26.2 Å². The highest BCUT2D eigenvalue weighted by Crippen LogP contribution is 2.46. The van der Waals surface area contributed by atoms with Gasteiger partial charge < -0.3 is 9.80 Å². The lowest BCUT2D eigenvalue weighted by Crippen LogP contribution is -2.34. The van der Waals surface area contributed by atoms with Crippen LogP contribution in [0.5, 0.6) is 0 Å². The SMILES string of the molecule is O=C1/C(=C\c2cccc(C(F)(F)F)c2)SC(c2cccc(Cl)c2)N1CCCN1CCCCC1. The average molecular weight is 495 g/mol. The molecule has 176 valence electrons. The molecule has 33 heavy (non-hydrogen) atoms. The molecule has 2 heterocycles. The van der Waals surface area contributed by atoms with Gasteiger partial charge in [0.05, 0.1) is 10.5 Å². The van der Waals surface area contributed by atoms with E-state index in [2.05, 4.69) is 4.90 Å². The van der Waals surface area contributed by atoms with Gasteiger partial charge in [0.2, 0.25) is 0 Å². The number of likely N-dealkylation sites (tertiary alicyclic amines) is 1. The number of carbonyl (C=O) groups is 1. The van der Waals surface area contributed by atoms with E-state index in [9.17, 15) is 18.0 Å². The summed E-state index contributed by atoms with van der Waals surface area (Å²) >= 11 is 7.57. The van der Waals surface area contributed by atoms with Crippen molar-refractivity contribution in [3.05, 3.63) is 75.1 Å². The number of amides is 1. The maximum Gasteiger partial charge on any atom is 0.416 e. The molecule has 0 radical (unpaired) electrons. The summed E-state index contributed by atoms with van der Waals surface area (Å²) < 4.78 is 39.4. The number of halogens is 4. The fourth-order valence-electron chi connectivity index (χ4n) is 4.31. The van der Waals surface area contributed by atoms with Crippen LogP contribution in [-0.4, -0.2) is 41.9 Å². The Hall–Kier alpha value is -1.96. The topological polar surface area (TPSA) is 23.6 Å². The zero-order valence-corrected chi connectivity index (χ0v) is 19.7. The van der Waals surface area contributed by atoms with Crippen LogP contribution in [-0.2, 0) is 11.0 Å². The van der Waals surface area contributed by atoms with Crippen molar-refractivity contribution in [1.82, 2.24) is 9.80 Å². The summed E-state index contributed by atoms with van der Waals surface area (Å²) in [6.45, 7) is 3.71. The molecule has 1 unspecified atom stereocenters. The second-order valence-corrected chi connectivity index (χ2v) is 9.97. The lowest BCUT2D eigenvalue weighted by atomic mass is 10.1. The van der Waals surface area contributed by atoms with Gasteiger partial charge in [-0.2, -0.15) is 13.2 Å². The number of piperidine rings is 1. The molecule has 2 aliphatic heterocycles. The second-order valence-electron chi connectivity index (χ2n) is 8.41. The molecule has 0 aliphatic carbocycles. The van der Waals surface area contributed by atoms with E-state index in [4.69, 9.17) is 11.6 Å². The first-order valence-electron chi connectivity index (χ1n) is 11.2. The molecule has 0 aromatic heterocycles. The van der Waals surface area contributed by atoms with Crippen LogP contribution in [0.15, 0.2) is 53.4 Å². The maximum atomic E-state index is 13.3. The van der Waals surface area contributed by atoms with E-state index in [1.54, 1.807) is 18.2 Å². The van der Waals surface area contributed by atoms with Crippen molar-refractivity contribution in [3.63, 3.8) is 0 Å². The molecule has 1 amide bonds. The second kappa shape index (κ2) is 10.5. The lowest BCUT2D eigenvalue weighted by Gasteiger charge is -2.28. The Balaban J connectivity index is 1.55. The van der Waals surface area contributed by atoms with Crippen molar-refractivity contribution in [2.24, 2.45) is 0 Å². The normalized spacial score (nSPS) is 21.2. The summed E-state index contributed by atoms with van der Waals surface area (Å²) in [6.07, 6.45) is 1.69. The summed E-state index contributed by atoms with van der Waals surface area (Å²) in [5.74, 6) is -0.152. The van der Waals surface area contributed by atoms with Crippen molar-refractivity contribution >= 4 is 35.3 Å². The summed E-state index contributed by atoms with van der Waals surface area (Å²) in [7, 11) is 0. The highest BCUT2D eigenvalue weighted by atomic mass is 35.5. The minimum atomic E-state index is -4.43. The molecular formula is C25H26ClF3N2OS. The quantitative estimate of drug-likeness (QED) is 0.410. The van der Waals surface area contributed by atoms with Crippen LogP contribution in [0.4, 0.5) is 13.2 Å². The van der Waals surface area contributed by atoms with E-state index in [-0.39, 0.29) is 11.3 Å². The molecule has 0 N–H and O–H groups in total. The molecule has 0 saturated carbocycles. The Bertz CT molecular complexity index is 1020. The molecule has 2 aliphatic rings. The first kappa shape index (κ1) is 24.2. The fourth-order valence-corrected chi connectivity index (χ4v) is 5.78. The Morgan fingerprint density at radius 3 is 2.52 bits per heavy atom. The number of hydrogen-bond donors (Lipinski definition) is 0. The van der Waals surface area contributed by atoms with E-state index in [1.807, 2.05) is 23.1 Å². The summed E-state index contributed by atoms with van der Waals surface area (Å²) in [6, 6.07) is 12.5. The van der Waals surface area contributed by atoms with E-state index in [0.717, 1.165) is 43.8 Å². The van der Waals surface area contributed by atoms with Crippen LogP contribution in [0.1, 0.15) is 47.7 Å². The fraction of sp³-hybridized carbons (Fsp3) is 0.400. The number of nitrogens with zero attached hydrogens (tertiary/aromatic N) is 2. The summed E-state index contributed by atoms with van der Waals surface area (Å²) in [4.78, 5) is 18.0. The molecule has 2 saturated heterocycles. The number of thioether (sulfide) groups is 1. The highest BCUT2D eigenvalue weighted by Gasteiger charge is 2.37. The molecule has 2 aromatic carbocycles. The predicted molar refractivity (Wildman–Crippen MR) is 128 cm³/mol. The van der Waals surface area contributed by atoms with Crippen LogP contribution >= 0.6 is 23.4 Å². The van der Waals surface area contributed by atoms with Crippen LogP contribution in [0, 0.1) is 0 Å². The molecule has 4 rings (SSSR count). The Morgan fingerprint density at radius 2 is 1.79 bits per heavy atom. The predicted octanol–water partition coefficient (Wildman–Crippen LogP) is 6.85. The van der Waals surface area contributed by atoms with E-state index < -0.39 is 11.7 Å². The van der Waals surface area contributed by atoms with Crippen LogP contribution in [0.3, 0.4) is 0 Å². The third kappa shape index (κ3) is 6.14. The Kier molecular flexibility index (Phi) is 7.72. The standard InChI is InChI=1S/C25H26ClF3N2OS/c26-21-10-5-8-19(17-21)24-31(14-6-13-30-11-2-1-3-12-30)23(32)22(33-24)16-18-7-4-9-20(15-18)25(27,28)29/h4-5,7-10,15-17,24H,1-3,6,11-14H2/b22-16+. The first-order valence-corrected chi connectivity index (χ1v) is 12.4. The molecule has 2 aromatic rings. The average Bonchev–Trinajstić information content (AvgIpc) is 3.09. The van der Waals surface area contributed by atoms with Crippen LogP contribution < -0.4 is 0 Å². The van der Waals surface area contributed by atoms with Gasteiger partial charge in [0.25, 0.3) is 5.91 Å². The summed E-state index contributed by atoms with van der Waals surface area (Å²) in [5, 5.41) is 0.332. The third-order valence-electron chi connectivity index (χ3n) is 5.96. The van der Waals surface area contributed by atoms with Crippen molar-refractivity contribution in [3.8, 4) is 0 Å². The van der Waals surface area contributed by atoms with Gasteiger partial charge in [-0.1, -0.05) is 54.0 Å². The zero-order chi connectivity index (χ0) is 23.4. The van der Waals surface area contributed by atoms with Gasteiger partial charge >= 0.3 is 6.18 Å². The Labute approximate surface area is 201 Å². The number of rotatable bonds is 6. The molecular weight excluding hydrogens is 469 g/mol. The van der Waals surface area contributed by atoms with Gasteiger partial charge in [-0.25, -0.2) is 0 Å². The molecule has 8 heteroatoms. The van der Waals surface area contributed by atoms with Crippen molar-refractivity contribution in [2.45, 2.75) is 37.2 Å². The highest BCUT2D eigenvalue weighted by molar-refractivity contribution is 8.04. The third-order valence-corrected chi connectivity index (χ3v) is 7.49. The van der Waals surface area contributed by atoms with Crippen LogP contribution in [0.25, 0.3) is 6.08 Å². The molecule has 0 bridgehead atoms. The van der Waals surface area contributed by atoms with Gasteiger partial charge in [-0.05, 0) is 80.4 Å².